The zero-order valence-electron chi connectivity index (χ0n) is 26.2. The third kappa shape index (κ3) is 10.3. The number of benzene rings is 3. The maximum absolute atomic E-state index is 14.9. The monoisotopic (exact) mass is 705 g/mol. The van der Waals surface area contributed by atoms with Crippen LogP contribution in [0.25, 0.3) is 0 Å². The minimum absolute atomic E-state index is 0.0916. The number of carbonyl (C=O) groups excluding carboxylic acids is 3. The summed E-state index contributed by atoms with van der Waals surface area (Å²) in [6.07, 6.45) is 0.899. The molecule has 0 aliphatic rings. The highest BCUT2D eigenvalue weighted by atomic mass is 19.2. The van der Waals surface area contributed by atoms with Gasteiger partial charge in [0.2, 0.25) is 5.91 Å². The molecule has 0 bridgehead atoms. The lowest BCUT2D eigenvalue weighted by atomic mass is 9.79. The van der Waals surface area contributed by atoms with E-state index in [9.17, 15) is 46.8 Å². The van der Waals surface area contributed by atoms with E-state index >= 15 is 0 Å². The van der Waals surface area contributed by atoms with Crippen molar-refractivity contribution >= 4 is 48.9 Å². The van der Waals surface area contributed by atoms with Crippen LogP contribution in [0.1, 0.15) is 51.1 Å². The molecule has 14 nitrogen and oxygen atoms in total. The van der Waals surface area contributed by atoms with Crippen molar-refractivity contribution in [3.8, 4) is 0 Å². The maximum atomic E-state index is 14.9. The van der Waals surface area contributed by atoms with E-state index in [1.54, 1.807) is 0 Å². The van der Waals surface area contributed by atoms with E-state index in [2.05, 4.69) is 16.1 Å². The van der Waals surface area contributed by atoms with Gasteiger partial charge in [0.1, 0.15) is 12.6 Å². The molecule has 1 atom stereocenters. The van der Waals surface area contributed by atoms with Crippen LogP contribution in [0, 0.1) is 23.3 Å². The van der Waals surface area contributed by atoms with Crippen molar-refractivity contribution in [2.75, 3.05) is 13.1 Å². The average molecular weight is 705 g/mol. The van der Waals surface area contributed by atoms with E-state index in [0.29, 0.717) is 24.0 Å². The molecule has 3 amide bonds. The number of nitrogens with two attached hydrogens (primary N) is 1. The van der Waals surface area contributed by atoms with Crippen LogP contribution >= 0.6 is 0 Å². The summed E-state index contributed by atoms with van der Waals surface area (Å²) in [5.74, 6) is -5.26. The number of hydrogen-bond donors (Lipinski definition) is 9. The smallest absolute Gasteiger partial charge is 0.480 e. The molecule has 1 unspecified atom stereocenters. The highest BCUT2D eigenvalue weighted by molar-refractivity contribution is 6.59. The second-order valence-corrected chi connectivity index (χ2v) is 11.0. The van der Waals surface area contributed by atoms with Crippen molar-refractivity contribution in [3.63, 3.8) is 0 Å². The molecule has 0 radical (unpaired) electrons. The molecule has 10 N–H and O–H groups in total. The lowest BCUT2D eigenvalue weighted by molar-refractivity contribution is -0.139. The number of aliphatic carboxylic acids is 1. The predicted octanol–water partition coefficient (Wildman–Crippen LogP) is -1.62. The summed E-state index contributed by atoms with van der Waals surface area (Å²) < 4.78 is 57.7. The van der Waals surface area contributed by atoms with Crippen molar-refractivity contribution in [3.05, 3.63) is 94.1 Å². The standard InChI is InChI=1S/C30H33B2F4N5O9/c33-24-18(8-10-20(26(24)35)31(47)48)28(43)39-13-16-4-6-17(7-5-16)14-41(15-23(42)38-12-2-1-3-22(40-37)30(45)46)29(44)19-9-11-21(32(49)50)27(36)25(19)34/h4-11,22,40,47-50H,1-3,12-15,37H2,(H,38,42)(H,39,43)(H,45,46). The van der Waals surface area contributed by atoms with E-state index in [0.717, 1.165) is 29.2 Å². The largest absolute Gasteiger partial charge is 0.491 e. The van der Waals surface area contributed by atoms with Crippen LogP contribution in [0.2, 0.25) is 0 Å². The van der Waals surface area contributed by atoms with Gasteiger partial charge in [-0.3, -0.25) is 25.0 Å². The molecule has 0 heterocycles. The van der Waals surface area contributed by atoms with Gasteiger partial charge in [0.05, 0.1) is 11.1 Å². The fourth-order valence-electron chi connectivity index (χ4n) is 4.71. The molecule has 0 spiro atoms. The first-order chi connectivity index (χ1) is 23.7. The third-order valence-electron chi connectivity index (χ3n) is 7.47. The number of nitrogens with one attached hydrogen (secondary N) is 3. The Kier molecular flexibility index (Phi) is 14.4. The van der Waals surface area contributed by atoms with Crippen LogP contribution in [0.4, 0.5) is 17.6 Å². The lowest BCUT2D eigenvalue weighted by Crippen LogP contribution is -2.42. The number of hydrogen-bond acceptors (Lipinski definition) is 10. The summed E-state index contributed by atoms with van der Waals surface area (Å²) in [6.45, 7) is -1.01. The summed E-state index contributed by atoms with van der Waals surface area (Å²) >= 11 is 0. The molecule has 0 aliphatic heterocycles. The van der Waals surface area contributed by atoms with Gasteiger partial charge in [-0.2, -0.15) is 0 Å². The van der Waals surface area contributed by atoms with Crippen molar-refractivity contribution in [2.45, 2.75) is 38.4 Å². The van der Waals surface area contributed by atoms with Crippen LogP contribution in [0.5, 0.6) is 0 Å². The van der Waals surface area contributed by atoms with Gasteiger partial charge in [0.15, 0.2) is 23.3 Å². The molecular weight excluding hydrogens is 672 g/mol. The van der Waals surface area contributed by atoms with E-state index < -0.39 is 95.8 Å². The average Bonchev–Trinajstić information content (AvgIpc) is 3.07. The van der Waals surface area contributed by atoms with Crippen LogP contribution in [0.3, 0.4) is 0 Å². The van der Waals surface area contributed by atoms with Crippen LogP contribution in [-0.4, -0.2) is 87.2 Å². The Morgan fingerprint density at radius 2 is 1.28 bits per heavy atom. The highest BCUT2D eigenvalue weighted by Crippen LogP contribution is 2.17. The summed E-state index contributed by atoms with van der Waals surface area (Å²) in [7, 11) is -4.64. The van der Waals surface area contributed by atoms with Gasteiger partial charge in [0.25, 0.3) is 11.8 Å². The molecule has 20 heteroatoms. The number of rotatable bonds is 17. The number of hydrazine groups is 1. The number of halogens is 4. The van der Waals surface area contributed by atoms with Crippen molar-refractivity contribution in [2.24, 2.45) is 5.84 Å². The van der Waals surface area contributed by atoms with E-state index in [1.165, 1.54) is 24.3 Å². The van der Waals surface area contributed by atoms with Crippen LogP contribution < -0.4 is 32.8 Å². The van der Waals surface area contributed by atoms with Crippen LogP contribution in [0.15, 0.2) is 48.5 Å². The second kappa shape index (κ2) is 18.2. The number of carbonyl (C=O) groups is 4. The summed E-state index contributed by atoms with van der Waals surface area (Å²) in [4.78, 5) is 50.6. The molecule has 0 saturated heterocycles. The Hall–Kier alpha value is -4.85. The zero-order valence-corrected chi connectivity index (χ0v) is 26.2. The first-order valence-electron chi connectivity index (χ1n) is 14.9. The van der Waals surface area contributed by atoms with Crippen LogP contribution in [-0.2, 0) is 22.7 Å². The van der Waals surface area contributed by atoms with E-state index in [4.69, 9.17) is 21.0 Å². The first kappa shape index (κ1) is 39.6. The third-order valence-corrected chi connectivity index (χ3v) is 7.47. The Labute approximate surface area is 283 Å². The van der Waals surface area contributed by atoms with Crippen molar-refractivity contribution < 1.29 is 61.9 Å². The molecular formula is C30H33B2F4N5O9. The Morgan fingerprint density at radius 1 is 0.740 bits per heavy atom. The van der Waals surface area contributed by atoms with E-state index in [-0.39, 0.29) is 26.1 Å². The molecule has 266 valence electrons. The Balaban J connectivity index is 1.72. The van der Waals surface area contributed by atoms with Gasteiger partial charge in [-0.25, -0.2) is 23.0 Å². The molecule has 0 saturated carbocycles. The number of amides is 3. The van der Waals surface area contributed by atoms with Gasteiger partial charge in [-0.05, 0) is 42.5 Å². The Bertz CT molecular complexity index is 1700. The SMILES string of the molecule is NNC(CCCCNC(=O)CN(Cc1ccc(CNC(=O)c2ccc(B(O)O)c(F)c2F)cc1)C(=O)c1ccc(B(O)O)c(F)c1F)C(=O)O. The molecule has 0 fully saturated rings. The van der Waals surface area contributed by atoms with Gasteiger partial charge >= 0.3 is 20.2 Å². The molecule has 0 aromatic heterocycles. The molecule has 0 aliphatic carbocycles. The maximum Gasteiger partial charge on any atom is 0.491 e. The van der Waals surface area contributed by atoms with E-state index in [1.807, 2.05) is 0 Å². The number of carboxylic acid groups (broad SMARTS) is 1. The topological polar surface area (TPSA) is 235 Å². The van der Waals surface area contributed by atoms with Gasteiger partial charge in [0, 0.05) is 30.6 Å². The fourth-order valence-corrected chi connectivity index (χ4v) is 4.71. The Morgan fingerprint density at radius 3 is 1.82 bits per heavy atom. The molecule has 3 aromatic carbocycles. The van der Waals surface area contributed by atoms with Gasteiger partial charge in [-0.1, -0.05) is 36.4 Å². The molecule has 3 rings (SSSR count). The lowest BCUT2D eigenvalue weighted by Gasteiger charge is -2.23. The summed E-state index contributed by atoms with van der Waals surface area (Å²) in [6, 6.07) is 8.37. The molecule has 3 aromatic rings. The highest BCUT2D eigenvalue weighted by Gasteiger charge is 2.28. The van der Waals surface area contributed by atoms with Gasteiger partial charge in [-0.15, -0.1) is 0 Å². The fraction of sp³-hybridized carbons (Fsp3) is 0.267. The second-order valence-electron chi connectivity index (χ2n) is 11.0. The quantitative estimate of drug-likeness (QED) is 0.0255. The first-order valence-corrected chi connectivity index (χ1v) is 14.9. The summed E-state index contributed by atoms with van der Waals surface area (Å²) in [5, 5.41) is 50.7. The number of unbranched alkanes of at least 4 members (excludes halogenated alkanes) is 1. The minimum Gasteiger partial charge on any atom is -0.480 e. The predicted molar refractivity (Wildman–Crippen MR) is 170 cm³/mol. The van der Waals surface area contributed by atoms with Gasteiger partial charge < -0.3 is 40.7 Å². The van der Waals surface area contributed by atoms with Crippen molar-refractivity contribution in [1.82, 2.24) is 21.0 Å². The number of carboxylic acids is 1. The normalized spacial score (nSPS) is 11.5. The number of nitrogens with zero attached hydrogens (tertiary/aromatic N) is 1. The summed E-state index contributed by atoms with van der Waals surface area (Å²) in [5.41, 5.74) is -0.0294. The van der Waals surface area contributed by atoms with Crippen molar-refractivity contribution in [1.29, 1.82) is 0 Å². The minimum atomic E-state index is -2.36. The zero-order chi connectivity index (χ0) is 37.1. The molecule has 50 heavy (non-hydrogen) atoms.